The van der Waals surface area contributed by atoms with E-state index in [9.17, 15) is 22.8 Å². The van der Waals surface area contributed by atoms with Gasteiger partial charge in [0.2, 0.25) is 11.8 Å². The zero-order valence-electron chi connectivity index (χ0n) is 14.4. The summed E-state index contributed by atoms with van der Waals surface area (Å²) in [7, 11) is 0. The van der Waals surface area contributed by atoms with Crippen LogP contribution >= 0.6 is 0 Å². The van der Waals surface area contributed by atoms with Crippen molar-refractivity contribution in [2.45, 2.75) is 19.0 Å². The van der Waals surface area contributed by atoms with Crippen LogP contribution in [0.3, 0.4) is 0 Å². The molecule has 2 aliphatic rings. The molecular formula is C20H17F3N2O2. The van der Waals surface area contributed by atoms with Crippen molar-refractivity contribution in [2.75, 3.05) is 22.9 Å². The summed E-state index contributed by atoms with van der Waals surface area (Å²) in [5, 5.41) is 0. The number of anilines is 2. The summed E-state index contributed by atoms with van der Waals surface area (Å²) in [4.78, 5) is 28.4. The van der Waals surface area contributed by atoms with Crippen molar-refractivity contribution in [1.82, 2.24) is 0 Å². The Morgan fingerprint density at radius 1 is 1.04 bits per heavy atom. The predicted octanol–water partition coefficient (Wildman–Crippen LogP) is 3.65. The van der Waals surface area contributed by atoms with E-state index in [2.05, 4.69) is 0 Å². The lowest BCUT2D eigenvalue weighted by Crippen LogP contribution is -2.36. The molecule has 1 saturated heterocycles. The lowest BCUT2D eigenvalue weighted by molar-refractivity contribution is -0.137. The van der Waals surface area contributed by atoms with Crippen LogP contribution in [0.5, 0.6) is 0 Å². The van der Waals surface area contributed by atoms with Gasteiger partial charge in [0.25, 0.3) is 0 Å². The predicted molar refractivity (Wildman–Crippen MR) is 94.4 cm³/mol. The highest BCUT2D eigenvalue weighted by atomic mass is 19.4. The zero-order valence-corrected chi connectivity index (χ0v) is 14.4. The van der Waals surface area contributed by atoms with Gasteiger partial charge in [-0.15, -0.1) is 0 Å². The summed E-state index contributed by atoms with van der Waals surface area (Å²) in [6.07, 6.45) is -3.57. The Labute approximate surface area is 154 Å². The van der Waals surface area contributed by atoms with Crippen molar-refractivity contribution in [3.8, 4) is 0 Å². The summed E-state index contributed by atoms with van der Waals surface area (Å²) >= 11 is 0. The zero-order chi connectivity index (χ0) is 19.2. The van der Waals surface area contributed by atoms with Gasteiger partial charge in [0.1, 0.15) is 0 Å². The Morgan fingerprint density at radius 2 is 1.74 bits per heavy atom. The van der Waals surface area contributed by atoms with E-state index < -0.39 is 17.7 Å². The quantitative estimate of drug-likeness (QED) is 0.805. The molecule has 1 unspecified atom stereocenters. The van der Waals surface area contributed by atoms with E-state index in [1.807, 2.05) is 24.3 Å². The topological polar surface area (TPSA) is 40.6 Å². The third kappa shape index (κ3) is 3.18. The van der Waals surface area contributed by atoms with Crippen LogP contribution in [0.4, 0.5) is 24.5 Å². The van der Waals surface area contributed by atoms with Crippen LogP contribution < -0.4 is 9.80 Å². The van der Waals surface area contributed by atoms with Crippen LogP contribution in [0.2, 0.25) is 0 Å². The minimum Gasteiger partial charge on any atom is -0.312 e. The maximum absolute atomic E-state index is 12.9. The Morgan fingerprint density at radius 3 is 2.44 bits per heavy atom. The summed E-state index contributed by atoms with van der Waals surface area (Å²) < 4.78 is 38.1. The summed E-state index contributed by atoms with van der Waals surface area (Å²) in [6, 6.07) is 12.1. The van der Waals surface area contributed by atoms with Crippen LogP contribution in [0.15, 0.2) is 48.5 Å². The smallest absolute Gasteiger partial charge is 0.312 e. The molecule has 2 aromatic rings. The molecule has 1 fully saturated rings. The van der Waals surface area contributed by atoms with Crippen LogP contribution in [0.25, 0.3) is 0 Å². The molecule has 0 N–H and O–H groups in total. The lowest BCUT2D eigenvalue weighted by atomic mass is 10.1. The fourth-order valence-corrected chi connectivity index (χ4v) is 3.74. The van der Waals surface area contributed by atoms with E-state index in [0.29, 0.717) is 12.2 Å². The molecule has 0 aromatic heterocycles. The van der Waals surface area contributed by atoms with Crippen LogP contribution in [0, 0.1) is 5.92 Å². The molecule has 2 aromatic carbocycles. The molecule has 2 aliphatic heterocycles. The van der Waals surface area contributed by atoms with Gasteiger partial charge in [-0.1, -0.05) is 18.2 Å². The second-order valence-electron chi connectivity index (χ2n) is 6.82. The maximum Gasteiger partial charge on any atom is 0.416 e. The average Bonchev–Trinajstić information content (AvgIpc) is 3.24. The minimum atomic E-state index is -4.42. The first-order valence-corrected chi connectivity index (χ1v) is 8.71. The maximum atomic E-state index is 12.9. The van der Waals surface area contributed by atoms with E-state index >= 15 is 0 Å². The Balaban J connectivity index is 1.50. The number of carbonyl (C=O) groups is 2. The fraction of sp³-hybridized carbons (Fsp3) is 0.300. The van der Waals surface area contributed by atoms with Gasteiger partial charge in [-0.3, -0.25) is 9.59 Å². The minimum absolute atomic E-state index is 0.0680. The lowest BCUT2D eigenvalue weighted by Gasteiger charge is -2.22. The molecule has 0 spiro atoms. The van der Waals surface area contributed by atoms with Crippen molar-refractivity contribution in [3.05, 3.63) is 59.7 Å². The fourth-order valence-electron chi connectivity index (χ4n) is 3.74. The van der Waals surface area contributed by atoms with E-state index in [-0.39, 0.29) is 24.8 Å². The number of nitrogens with zero attached hydrogens (tertiary/aromatic N) is 2. The van der Waals surface area contributed by atoms with Gasteiger partial charge in [0.05, 0.1) is 11.5 Å². The third-order valence-corrected chi connectivity index (χ3v) is 5.13. The Bertz CT molecular complexity index is 893. The molecule has 2 heterocycles. The molecule has 0 saturated carbocycles. The Hall–Kier alpha value is -2.83. The number of fused-ring (bicyclic) bond motifs is 1. The molecule has 4 nitrogen and oxygen atoms in total. The summed E-state index contributed by atoms with van der Waals surface area (Å²) in [5.74, 6) is -0.853. The van der Waals surface area contributed by atoms with Crippen molar-refractivity contribution in [2.24, 2.45) is 5.92 Å². The van der Waals surface area contributed by atoms with Gasteiger partial charge in [-0.25, -0.2) is 0 Å². The second-order valence-corrected chi connectivity index (χ2v) is 6.82. The molecule has 4 rings (SSSR count). The van der Waals surface area contributed by atoms with Crippen molar-refractivity contribution < 1.29 is 22.8 Å². The number of benzene rings is 2. The standard InChI is InChI=1S/C20H17F3N2O2/c21-20(22,23)15-5-7-16(8-6-15)25-12-14(11-18(25)26)19(27)24-10-9-13-3-1-2-4-17(13)24/h1-8,14H,9-12H2. The van der Waals surface area contributed by atoms with Crippen molar-refractivity contribution in [3.63, 3.8) is 0 Å². The van der Waals surface area contributed by atoms with E-state index in [1.165, 1.54) is 17.0 Å². The molecule has 0 bridgehead atoms. The normalized spacial score (nSPS) is 19.5. The second kappa shape index (κ2) is 6.40. The number of amides is 2. The molecule has 0 aliphatic carbocycles. The number of halogens is 3. The number of alkyl halides is 3. The molecule has 140 valence electrons. The first-order valence-electron chi connectivity index (χ1n) is 8.71. The van der Waals surface area contributed by atoms with Gasteiger partial charge >= 0.3 is 6.18 Å². The highest BCUT2D eigenvalue weighted by Gasteiger charge is 2.39. The number of rotatable bonds is 2. The Kier molecular flexibility index (Phi) is 4.17. The summed E-state index contributed by atoms with van der Waals surface area (Å²) in [5.41, 5.74) is 1.60. The molecule has 27 heavy (non-hydrogen) atoms. The molecule has 0 radical (unpaired) electrons. The number of hydrogen-bond donors (Lipinski definition) is 0. The average molecular weight is 374 g/mol. The molecule has 1 atom stereocenters. The number of para-hydroxylation sites is 1. The van der Waals surface area contributed by atoms with E-state index in [1.54, 1.807) is 4.90 Å². The number of hydrogen-bond acceptors (Lipinski definition) is 2. The van der Waals surface area contributed by atoms with Crippen LogP contribution in [-0.4, -0.2) is 24.9 Å². The van der Waals surface area contributed by atoms with Gasteiger partial charge < -0.3 is 9.80 Å². The first-order chi connectivity index (χ1) is 12.8. The number of carbonyl (C=O) groups excluding carboxylic acids is 2. The monoisotopic (exact) mass is 374 g/mol. The van der Waals surface area contributed by atoms with Crippen LogP contribution in [-0.2, 0) is 22.2 Å². The van der Waals surface area contributed by atoms with Crippen LogP contribution in [0.1, 0.15) is 17.5 Å². The SMILES string of the molecule is O=C1CC(C(=O)N2CCc3ccccc32)CN1c1ccc(C(F)(F)F)cc1. The largest absolute Gasteiger partial charge is 0.416 e. The van der Waals surface area contributed by atoms with Crippen molar-refractivity contribution in [1.29, 1.82) is 0 Å². The van der Waals surface area contributed by atoms with Gasteiger partial charge in [-0.05, 0) is 42.3 Å². The van der Waals surface area contributed by atoms with Crippen molar-refractivity contribution >= 4 is 23.2 Å². The molecule has 7 heteroatoms. The molecule has 2 amide bonds. The van der Waals surface area contributed by atoms with Gasteiger partial charge in [0.15, 0.2) is 0 Å². The van der Waals surface area contributed by atoms with Gasteiger partial charge in [-0.2, -0.15) is 13.2 Å². The van der Waals surface area contributed by atoms with E-state index in [0.717, 1.165) is 29.8 Å². The molecular weight excluding hydrogens is 357 g/mol. The first kappa shape index (κ1) is 17.6. The third-order valence-electron chi connectivity index (χ3n) is 5.13. The highest BCUT2D eigenvalue weighted by molar-refractivity contribution is 6.05. The highest BCUT2D eigenvalue weighted by Crippen LogP contribution is 2.34. The van der Waals surface area contributed by atoms with Gasteiger partial charge in [0, 0.05) is 30.9 Å². The van der Waals surface area contributed by atoms with E-state index in [4.69, 9.17) is 0 Å². The summed E-state index contributed by atoms with van der Waals surface area (Å²) in [6.45, 7) is 0.769.